The van der Waals surface area contributed by atoms with E-state index in [1.807, 2.05) is 12.1 Å². The molecule has 0 saturated heterocycles. The van der Waals surface area contributed by atoms with E-state index in [1.54, 1.807) is 25.4 Å². The SMILES string of the molecule is COc1cccc(-c2c(C)c(Cc3c(F)cccc3C(F)(F)F)c3n(c2=O)C(CNCCc2cccnc2)CS3)c1F. The number of hydrogen-bond donors (Lipinski definition) is 1. The first-order chi connectivity index (χ1) is 20.1. The molecule has 0 aliphatic carbocycles. The van der Waals surface area contributed by atoms with Crippen LogP contribution in [0.3, 0.4) is 0 Å². The molecule has 0 bridgehead atoms. The molecule has 0 fully saturated rings. The highest BCUT2D eigenvalue weighted by Gasteiger charge is 2.36. The van der Waals surface area contributed by atoms with E-state index < -0.39 is 40.9 Å². The number of thioether (sulfide) groups is 1. The van der Waals surface area contributed by atoms with Crippen molar-refractivity contribution in [3.8, 4) is 16.9 Å². The molecule has 1 atom stereocenters. The molecule has 2 aromatic carbocycles. The fraction of sp³-hybridized carbons (Fsp3) is 0.290. The van der Waals surface area contributed by atoms with Crippen molar-refractivity contribution >= 4 is 11.8 Å². The van der Waals surface area contributed by atoms with Crippen molar-refractivity contribution in [2.24, 2.45) is 0 Å². The lowest BCUT2D eigenvalue weighted by atomic mass is 9.92. The maximum Gasteiger partial charge on any atom is 0.416 e. The van der Waals surface area contributed by atoms with Gasteiger partial charge in [0.15, 0.2) is 11.6 Å². The van der Waals surface area contributed by atoms with E-state index in [2.05, 4.69) is 10.3 Å². The van der Waals surface area contributed by atoms with E-state index in [-0.39, 0.29) is 22.9 Å². The van der Waals surface area contributed by atoms with Gasteiger partial charge in [-0.05, 0) is 60.8 Å². The monoisotopic (exact) mass is 601 g/mol. The second-order valence-corrected chi connectivity index (χ2v) is 11.0. The Labute approximate surface area is 243 Å². The van der Waals surface area contributed by atoms with Gasteiger partial charge in [-0.3, -0.25) is 14.3 Å². The summed E-state index contributed by atoms with van der Waals surface area (Å²) in [6, 6.07) is 10.7. The molecule has 1 N–H and O–H groups in total. The number of hydrogen-bond acceptors (Lipinski definition) is 5. The Morgan fingerprint density at radius 3 is 2.60 bits per heavy atom. The highest BCUT2D eigenvalue weighted by molar-refractivity contribution is 7.99. The fourth-order valence-electron chi connectivity index (χ4n) is 5.33. The van der Waals surface area contributed by atoms with Crippen LogP contribution in [0.2, 0.25) is 0 Å². The summed E-state index contributed by atoms with van der Waals surface area (Å²) < 4.78 is 78.8. The zero-order chi connectivity index (χ0) is 30.0. The van der Waals surface area contributed by atoms with Gasteiger partial charge in [0, 0.05) is 42.2 Å². The molecular weight excluding hydrogens is 573 g/mol. The van der Waals surface area contributed by atoms with Crippen LogP contribution in [0.1, 0.15) is 33.9 Å². The number of ether oxygens (including phenoxy) is 1. The van der Waals surface area contributed by atoms with Gasteiger partial charge in [-0.15, -0.1) is 11.8 Å². The topological polar surface area (TPSA) is 56.1 Å². The highest BCUT2D eigenvalue weighted by Crippen LogP contribution is 2.42. The van der Waals surface area contributed by atoms with E-state index >= 15 is 4.39 Å². The Balaban J connectivity index is 1.60. The van der Waals surface area contributed by atoms with Crippen LogP contribution in [0.4, 0.5) is 22.0 Å². The van der Waals surface area contributed by atoms with E-state index in [4.69, 9.17) is 4.74 Å². The van der Waals surface area contributed by atoms with Crippen molar-refractivity contribution in [1.29, 1.82) is 0 Å². The second kappa shape index (κ2) is 12.3. The second-order valence-electron chi connectivity index (χ2n) is 10.0. The summed E-state index contributed by atoms with van der Waals surface area (Å²) in [5, 5.41) is 3.81. The molecule has 4 aromatic rings. The normalized spacial score (nSPS) is 14.7. The van der Waals surface area contributed by atoms with Crippen LogP contribution in [0.5, 0.6) is 5.75 Å². The maximum atomic E-state index is 15.5. The number of pyridine rings is 2. The van der Waals surface area contributed by atoms with Gasteiger partial charge in [-0.2, -0.15) is 13.2 Å². The van der Waals surface area contributed by atoms with E-state index in [9.17, 15) is 22.4 Å². The highest BCUT2D eigenvalue weighted by atomic mass is 32.2. The lowest BCUT2D eigenvalue weighted by molar-refractivity contribution is -0.138. The number of benzene rings is 2. The Morgan fingerprint density at radius 1 is 1.10 bits per heavy atom. The summed E-state index contributed by atoms with van der Waals surface area (Å²) in [5.74, 6) is -1.37. The molecule has 5 nitrogen and oxygen atoms in total. The number of halogens is 5. The molecule has 0 amide bonds. The van der Waals surface area contributed by atoms with Gasteiger partial charge in [0.1, 0.15) is 5.82 Å². The molecule has 0 radical (unpaired) electrons. The van der Waals surface area contributed by atoms with Crippen LogP contribution in [0.25, 0.3) is 11.1 Å². The average Bonchev–Trinajstić information content (AvgIpc) is 3.39. The zero-order valence-electron chi connectivity index (χ0n) is 22.9. The van der Waals surface area contributed by atoms with Gasteiger partial charge < -0.3 is 10.1 Å². The third-order valence-electron chi connectivity index (χ3n) is 7.44. The average molecular weight is 602 g/mol. The van der Waals surface area contributed by atoms with E-state index in [1.165, 1.54) is 35.6 Å². The van der Waals surface area contributed by atoms with Crippen molar-refractivity contribution in [3.63, 3.8) is 0 Å². The number of aromatic nitrogens is 2. The minimum absolute atomic E-state index is 0.0120. The summed E-state index contributed by atoms with van der Waals surface area (Å²) in [6.45, 7) is 2.58. The molecule has 220 valence electrons. The number of nitrogens with zero attached hydrogens (tertiary/aromatic N) is 2. The summed E-state index contributed by atoms with van der Waals surface area (Å²) in [6.07, 6.45) is -1.03. The van der Waals surface area contributed by atoms with Crippen LogP contribution in [-0.4, -0.2) is 35.5 Å². The van der Waals surface area contributed by atoms with Crippen LogP contribution >= 0.6 is 11.8 Å². The van der Waals surface area contributed by atoms with Crippen molar-refractivity contribution in [2.75, 3.05) is 26.0 Å². The predicted octanol–water partition coefficient (Wildman–Crippen LogP) is 6.59. The number of rotatable bonds is 9. The number of alkyl halides is 3. The van der Waals surface area contributed by atoms with Gasteiger partial charge in [0.2, 0.25) is 0 Å². The van der Waals surface area contributed by atoms with Crippen LogP contribution in [-0.2, 0) is 19.0 Å². The van der Waals surface area contributed by atoms with E-state index in [0.717, 1.165) is 23.8 Å². The minimum atomic E-state index is -4.78. The Hall–Kier alpha value is -3.70. The molecular formula is C31H28F5N3O2S. The number of nitrogens with one attached hydrogen (secondary N) is 1. The van der Waals surface area contributed by atoms with Gasteiger partial charge in [-0.25, -0.2) is 8.78 Å². The molecule has 5 rings (SSSR count). The standard InChI is InChI=1S/C31H28F5N3O2S/c1-18-22(14-23-24(31(34,35)36)8-4-9-25(23)32)30-39(29(40)27(18)21-7-3-10-26(41-2)28(21)33)20(17-42-30)16-38-13-11-19-6-5-12-37-15-19/h3-10,12,15,20,38H,11,13-14,16-17H2,1-2H3. The van der Waals surface area contributed by atoms with Crippen LogP contribution in [0, 0.1) is 18.6 Å². The molecule has 0 saturated carbocycles. The van der Waals surface area contributed by atoms with Crippen molar-refractivity contribution in [2.45, 2.75) is 37.0 Å². The first-order valence-electron chi connectivity index (χ1n) is 13.3. The maximum absolute atomic E-state index is 15.5. The molecule has 0 spiro atoms. The minimum Gasteiger partial charge on any atom is -0.494 e. The summed E-state index contributed by atoms with van der Waals surface area (Å²) in [7, 11) is 1.30. The van der Waals surface area contributed by atoms with Gasteiger partial charge in [-0.1, -0.05) is 24.3 Å². The molecule has 1 unspecified atom stereocenters. The van der Waals surface area contributed by atoms with Crippen LogP contribution < -0.4 is 15.6 Å². The number of fused-ring (bicyclic) bond motifs is 1. The molecule has 2 aromatic heterocycles. The van der Waals surface area contributed by atoms with E-state index in [0.29, 0.717) is 41.4 Å². The third kappa shape index (κ3) is 5.80. The Bertz CT molecular complexity index is 1660. The first-order valence-corrected chi connectivity index (χ1v) is 14.3. The smallest absolute Gasteiger partial charge is 0.416 e. The lowest BCUT2D eigenvalue weighted by Gasteiger charge is -2.22. The molecule has 11 heteroatoms. The van der Waals surface area contributed by atoms with Gasteiger partial charge in [0.25, 0.3) is 5.56 Å². The zero-order valence-corrected chi connectivity index (χ0v) is 23.7. The summed E-state index contributed by atoms with van der Waals surface area (Å²) in [5.41, 5.74) is -0.397. The van der Waals surface area contributed by atoms with Gasteiger partial charge in [0.05, 0.1) is 29.3 Å². The van der Waals surface area contributed by atoms with Crippen LogP contribution in [0.15, 0.2) is 70.7 Å². The largest absolute Gasteiger partial charge is 0.494 e. The molecule has 42 heavy (non-hydrogen) atoms. The Kier molecular flexibility index (Phi) is 8.70. The summed E-state index contributed by atoms with van der Waals surface area (Å²) in [4.78, 5) is 18.2. The molecule has 3 heterocycles. The lowest BCUT2D eigenvalue weighted by Crippen LogP contribution is -2.34. The quantitative estimate of drug-likeness (QED) is 0.173. The summed E-state index contributed by atoms with van der Waals surface area (Å²) >= 11 is 1.33. The van der Waals surface area contributed by atoms with Crippen molar-refractivity contribution in [1.82, 2.24) is 14.9 Å². The first kappa shape index (κ1) is 29.8. The van der Waals surface area contributed by atoms with Gasteiger partial charge >= 0.3 is 6.18 Å². The van der Waals surface area contributed by atoms with Crippen molar-refractivity contribution in [3.05, 3.63) is 111 Å². The van der Waals surface area contributed by atoms with Crippen molar-refractivity contribution < 1.29 is 26.7 Å². The molecule has 1 aliphatic rings. The fourth-order valence-corrected chi connectivity index (χ4v) is 6.72. The predicted molar refractivity (Wildman–Crippen MR) is 152 cm³/mol. The Morgan fingerprint density at radius 2 is 1.88 bits per heavy atom. The number of methoxy groups -OCH3 is 1. The molecule has 1 aliphatic heterocycles. The third-order valence-corrected chi connectivity index (χ3v) is 8.71.